The molecule has 4 fully saturated rings. The third kappa shape index (κ3) is 2.99. The Morgan fingerprint density at radius 3 is 2.78 bits per heavy atom. The van der Waals surface area contributed by atoms with Gasteiger partial charge in [0.25, 0.3) is 5.91 Å². The summed E-state index contributed by atoms with van der Waals surface area (Å²) in [6.45, 7) is 5.91. The van der Waals surface area contributed by atoms with Gasteiger partial charge in [-0.05, 0) is 37.5 Å². The van der Waals surface area contributed by atoms with Crippen LogP contribution in [0.25, 0.3) is 10.9 Å². The molecule has 2 aromatic rings. The molecule has 7 nitrogen and oxygen atoms in total. The van der Waals surface area contributed by atoms with E-state index < -0.39 is 0 Å². The van der Waals surface area contributed by atoms with Gasteiger partial charge in [0, 0.05) is 63.5 Å². The average Bonchev–Trinajstić information content (AvgIpc) is 3.25. The van der Waals surface area contributed by atoms with Crippen LogP contribution in [0.2, 0.25) is 0 Å². The van der Waals surface area contributed by atoms with Crippen LogP contribution in [0.5, 0.6) is 0 Å². The Kier molecular flexibility index (Phi) is 4.28. The van der Waals surface area contributed by atoms with E-state index in [4.69, 9.17) is 4.74 Å². The second-order valence-electron chi connectivity index (χ2n) is 7.97. The number of ether oxygens (including phenoxy) is 1. The summed E-state index contributed by atoms with van der Waals surface area (Å²) in [6.07, 6.45) is 3.50. The maximum absolute atomic E-state index is 13.2. The number of amides is 1. The second-order valence-corrected chi connectivity index (χ2v) is 7.97. The first-order chi connectivity index (χ1) is 13.2. The van der Waals surface area contributed by atoms with Crippen molar-refractivity contribution in [3.63, 3.8) is 0 Å². The molecule has 0 saturated carbocycles. The lowest BCUT2D eigenvalue weighted by molar-refractivity contribution is 0.0681. The number of aromatic nitrogens is 2. The number of methoxy groups -OCH3 is 1. The molecule has 1 aromatic heterocycles. The highest BCUT2D eigenvalue weighted by atomic mass is 16.5. The zero-order valence-electron chi connectivity index (χ0n) is 15.9. The number of carbonyl (C=O) groups is 1. The van der Waals surface area contributed by atoms with Crippen molar-refractivity contribution in [2.45, 2.75) is 31.4 Å². The van der Waals surface area contributed by atoms with Crippen LogP contribution in [0.1, 0.15) is 29.8 Å². The molecule has 1 aromatic carbocycles. The van der Waals surface area contributed by atoms with Gasteiger partial charge in [0.15, 0.2) is 5.69 Å². The zero-order chi connectivity index (χ0) is 18.4. The summed E-state index contributed by atoms with van der Waals surface area (Å²) in [6, 6.07) is 6.61. The van der Waals surface area contributed by atoms with E-state index in [2.05, 4.69) is 37.0 Å². The van der Waals surface area contributed by atoms with Gasteiger partial charge in [0.2, 0.25) is 0 Å². The number of H-pyrrole nitrogens is 1. The summed E-state index contributed by atoms with van der Waals surface area (Å²) in [5.74, 6) is 0.0726. The van der Waals surface area contributed by atoms with Gasteiger partial charge in [0.05, 0.1) is 11.6 Å². The Balaban J connectivity index is 1.40. The van der Waals surface area contributed by atoms with Crippen LogP contribution >= 0.6 is 0 Å². The van der Waals surface area contributed by atoms with E-state index in [1.165, 1.54) is 0 Å². The van der Waals surface area contributed by atoms with E-state index >= 15 is 0 Å². The first-order valence-electron chi connectivity index (χ1n) is 10.0. The Labute approximate surface area is 159 Å². The smallest absolute Gasteiger partial charge is 0.275 e. The summed E-state index contributed by atoms with van der Waals surface area (Å²) in [4.78, 5) is 20.1. The van der Waals surface area contributed by atoms with Gasteiger partial charge in [0.1, 0.15) is 0 Å². The maximum atomic E-state index is 13.2. The van der Waals surface area contributed by atoms with Gasteiger partial charge in [-0.25, -0.2) is 0 Å². The van der Waals surface area contributed by atoms with E-state index in [1.807, 2.05) is 6.07 Å². The molecule has 4 aliphatic rings. The summed E-state index contributed by atoms with van der Waals surface area (Å²) in [5, 5.41) is 8.42. The van der Waals surface area contributed by atoms with Crippen molar-refractivity contribution in [3.8, 4) is 0 Å². The lowest BCUT2D eigenvalue weighted by Crippen LogP contribution is -2.41. The molecule has 4 aliphatic heterocycles. The molecule has 4 saturated heterocycles. The molecular formula is C20H27N5O2. The number of nitrogens with zero attached hydrogens (tertiary/aromatic N) is 4. The van der Waals surface area contributed by atoms with Gasteiger partial charge in [-0.2, -0.15) is 5.10 Å². The highest BCUT2D eigenvalue weighted by Gasteiger charge is 2.34. The predicted molar refractivity (Wildman–Crippen MR) is 104 cm³/mol. The summed E-state index contributed by atoms with van der Waals surface area (Å²) < 4.78 is 5.47. The molecule has 0 spiro atoms. The normalized spacial score (nSPS) is 28.1. The fourth-order valence-corrected chi connectivity index (χ4v) is 4.81. The van der Waals surface area contributed by atoms with Crippen LogP contribution in [0, 0.1) is 0 Å². The SMILES string of the molecule is CO[C@@H]1CCN(c2ccc3c(C(=O)N4CCN5CCC4CC5)n[nH]c3c2)C1. The zero-order valence-corrected chi connectivity index (χ0v) is 15.9. The summed E-state index contributed by atoms with van der Waals surface area (Å²) in [7, 11) is 1.77. The Hall–Kier alpha value is -2.12. The fourth-order valence-electron chi connectivity index (χ4n) is 4.81. The third-order valence-corrected chi connectivity index (χ3v) is 6.51. The number of aromatic amines is 1. The Morgan fingerprint density at radius 1 is 1.15 bits per heavy atom. The van der Waals surface area contributed by atoms with Crippen molar-refractivity contribution < 1.29 is 9.53 Å². The minimum Gasteiger partial charge on any atom is -0.380 e. The minimum absolute atomic E-state index is 0.0726. The number of rotatable bonds is 3. The third-order valence-electron chi connectivity index (χ3n) is 6.51. The lowest BCUT2D eigenvalue weighted by Gasteiger charge is -2.31. The molecule has 2 bridgehead atoms. The number of piperidine rings is 1. The average molecular weight is 369 g/mol. The molecule has 7 heteroatoms. The highest BCUT2D eigenvalue weighted by molar-refractivity contribution is 6.05. The van der Waals surface area contributed by atoms with Crippen LogP contribution in [-0.4, -0.2) is 84.4 Å². The molecular weight excluding hydrogens is 342 g/mol. The molecule has 1 atom stereocenters. The van der Waals surface area contributed by atoms with Crippen LogP contribution in [0.3, 0.4) is 0 Å². The van der Waals surface area contributed by atoms with Gasteiger partial charge in [-0.3, -0.25) is 9.89 Å². The van der Waals surface area contributed by atoms with Crippen LogP contribution < -0.4 is 4.90 Å². The number of carbonyl (C=O) groups excluding carboxylic acids is 1. The molecule has 27 heavy (non-hydrogen) atoms. The molecule has 6 rings (SSSR count). The monoisotopic (exact) mass is 369 g/mol. The highest BCUT2D eigenvalue weighted by Crippen LogP contribution is 2.28. The number of anilines is 1. The Morgan fingerprint density at radius 2 is 2.00 bits per heavy atom. The van der Waals surface area contributed by atoms with Crippen molar-refractivity contribution >= 4 is 22.5 Å². The first-order valence-corrected chi connectivity index (χ1v) is 10.0. The quantitative estimate of drug-likeness (QED) is 0.892. The van der Waals surface area contributed by atoms with Crippen molar-refractivity contribution in [1.29, 1.82) is 0 Å². The summed E-state index contributed by atoms with van der Waals surface area (Å²) in [5.41, 5.74) is 2.65. The van der Waals surface area contributed by atoms with Crippen LogP contribution in [0.15, 0.2) is 18.2 Å². The van der Waals surface area contributed by atoms with E-state index in [9.17, 15) is 4.79 Å². The number of hydrogen-bond donors (Lipinski definition) is 1. The van der Waals surface area contributed by atoms with Crippen LogP contribution in [-0.2, 0) is 4.74 Å². The van der Waals surface area contributed by atoms with Crippen molar-refractivity contribution in [2.75, 3.05) is 51.3 Å². The van der Waals surface area contributed by atoms with Gasteiger partial charge < -0.3 is 19.4 Å². The molecule has 1 N–H and O–H groups in total. The minimum atomic E-state index is 0.0726. The lowest BCUT2D eigenvalue weighted by atomic mass is 10.0. The molecule has 1 amide bonds. The second kappa shape index (κ2) is 6.80. The standard InChI is InChI=1S/C20H27N5O2/c1-27-16-6-9-24(13-16)15-2-3-17-18(12-15)21-22-19(17)20(26)25-11-10-23-7-4-14(25)5-8-23/h2-3,12,14,16H,4-11,13H2,1H3,(H,21,22)/t16-/m1/s1. The largest absolute Gasteiger partial charge is 0.380 e. The molecule has 0 radical (unpaired) electrons. The van der Waals surface area contributed by atoms with E-state index in [0.717, 1.165) is 75.1 Å². The number of nitrogens with one attached hydrogen (secondary N) is 1. The topological polar surface area (TPSA) is 64.7 Å². The van der Waals surface area contributed by atoms with Gasteiger partial charge in [-0.1, -0.05) is 0 Å². The van der Waals surface area contributed by atoms with Gasteiger partial charge in [-0.15, -0.1) is 0 Å². The maximum Gasteiger partial charge on any atom is 0.275 e. The fraction of sp³-hybridized carbons (Fsp3) is 0.600. The van der Waals surface area contributed by atoms with Gasteiger partial charge >= 0.3 is 0 Å². The summed E-state index contributed by atoms with van der Waals surface area (Å²) >= 11 is 0. The number of fused-ring (bicyclic) bond motifs is 5. The van der Waals surface area contributed by atoms with Crippen molar-refractivity contribution in [2.24, 2.45) is 0 Å². The van der Waals surface area contributed by atoms with E-state index in [0.29, 0.717) is 17.8 Å². The van der Waals surface area contributed by atoms with E-state index in [1.54, 1.807) is 7.11 Å². The molecule has 0 aliphatic carbocycles. The molecule has 5 heterocycles. The van der Waals surface area contributed by atoms with Crippen LogP contribution in [0.4, 0.5) is 5.69 Å². The first kappa shape index (κ1) is 17.0. The van der Waals surface area contributed by atoms with E-state index in [-0.39, 0.29) is 5.91 Å². The van der Waals surface area contributed by atoms with Crippen molar-refractivity contribution in [3.05, 3.63) is 23.9 Å². The number of hydrogen-bond acceptors (Lipinski definition) is 5. The number of benzene rings is 1. The van der Waals surface area contributed by atoms with Crippen molar-refractivity contribution in [1.82, 2.24) is 20.0 Å². The Bertz CT molecular complexity index is 842. The molecule has 144 valence electrons. The predicted octanol–water partition coefficient (Wildman–Crippen LogP) is 1.71. The molecule has 0 unspecified atom stereocenters.